The smallest absolute Gasteiger partial charge is 0.306 e. The third-order valence-corrected chi connectivity index (χ3v) is 6.43. The van der Waals surface area contributed by atoms with Gasteiger partial charge in [0, 0.05) is 12.0 Å². The Balaban J connectivity index is 1.71. The monoisotopic (exact) mass is 481 g/mol. The molecule has 178 valence electrons. The quantitative estimate of drug-likeness (QED) is 0.485. The van der Waals surface area contributed by atoms with Crippen LogP contribution in [0.3, 0.4) is 0 Å². The van der Waals surface area contributed by atoms with Crippen LogP contribution in [0.4, 0.5) is 0 Å². The number of carbonyl (C=O) groups excluding carboxylic acids is 1. The molecule has 1 aliphatic rings. The summed E-state index contributed by atoms with van der Waals surface area (Å²) in [5.74, 6) is 0.871. The maximum Gasteiger partial charge on any atom is 0.306 e. The number of carbonyl (C=O) groups is 1. The second-order valence-electron chi connectivity index (χ2n) is 8.11. The minimum Gasteiger partial charge on any atom is -0.496 e. The first kappa shape index (κ1) is 23.8. The fourth-order valence-electron chi connectivity index (χ4n) is 4.20. The van der Waals surface area contributed by atoms with E-state index in [9.17, 15) is 13.2 Å². The van der Waals surface area contributed by atoms with Gasteiger partial charge in [-0.3, -0.25) is 4.79 Å². The molecule has 0 bridgehead atoms. The Morgan fingerprint density at radius 3 is 2.47 bits per heavy atom. The highest BCUT2D eigenvalue weighted by molar-refractivity contribution is 7.88. The molecule has 0 amide bonds. The molecular formula is C26H27NO6S. The first-order chi connectivity index (χ1) is 16.3. The zero-order chi connectivity index (χ0) is 24.3. The molecule has 2 N–H and O–H groups in total. The lowest BCUT2D eigenvalue weighted by molar-refractivity contribution is -0.143. The Bertz CT molecular complexity index is 1300. The first-order valence-corrected chi connectivity index (χ1v) is 12.7. The fourth-order valence-corrected chi connectivity index (χ4v) is 4.84. The molecular weight excluding hydrogens is 454 g/mol. The first-order valence-electron chi connectivity index (χ1n) is 11.0. The zero-order valence-electron chi connectivity index (χ0n) is 19.1. The third-order valence-electron chi connectivity index (χ3n) is 5.69. The van der Waals surface area contributed by atoms with Gasteiger partial charge in [0.25, 0.3) is 0 Å². The number of hydrogen-bond acceptors (Lipinski definition) is 6. The van der Waals surface area contributed by atoms with Crippen molar-refractivity contribution in [3.05, 3.63) is 82.9 Å². The van der Waals surface area contributed by atoms with Gasteiger partial charge in [0.1, 0.15) is 17.6 Å². The predicted molar refractivity (Wildman–Crippen MR) is 129 cm³/mol. The number of nitrogens with two attached hydrogens (primary N) is 1. The summed E-state index contributed by atoms with van der Waals surface area (Å²) in [4.78, 5) is 11.7. The normalized spacial score (nSPS) is 14.5. The summed E-state index contributed by atoms with van der Waals surface area (Å²) in [7, 11) is -2.08. The predicted octanol–water partition coefficient (Wildman–Crippen LogP) is 4.13. The Kier molecular flexibility index (Phi) is 6.90. The van der Waals surface area contributed by atoms with E-state index in [1.54, 1.807) is 20.1 Å². The fraction of sp³-hybridized carbons (Fsp3) is 0.269. The molecule has 4 rings (SSSR count). The maximum atomic E-state index is 11.7. The number of methoxy groups -OCH3 is 1. The van der Waals surface area contributed by atoms with Gasteiger partial charge in [-0.2, -0.15) is 0 Å². The summed E-state index contributed by atoms with van der Waals surface area (Å²) in [6.45, 7) is 2.16. The van der Waals surface area contributed by atoms with Gasteiger partial charge in [-0.15, -0.1) is 0 Å². The molecule has 3 aromatic rings. The standard InChI is InChI=1S/C26H27NO6S/c1-3-32-24(28)14-10-17-7-11-19(12-8-17)26-21-15-18(16-34(27,29)30)9-13-20(21)25-22(31-2)5-4-6-23(25)33-26/h4-9,11-13,15,26H,3,10,14,16H2,1-2H3,(H2,27,29,30). The molecule has 0 aliphatic carbocycles. The van der Waals surface area contributed by atoms with Crippen molar-refractivity contribution < 1.29 is 27.4 Å². The number of sulfonamides is 1. The van der Waals surface area contributed by atoms with Crippen LogP contribution >= 0.6 is 0 Å². The van der Waals surface area contributed by atoms with Crippen molar-refractivity contribution >= 4 is 16.0 Å². The molecule has 0 saturated heterocycles. The zero-order valence-corrected chi connectivity index (χ0v) is 19.9. The lowest BCUT2D eigenvalue weighted by Gasteiger charge is -2.30. The summed E-state index contributed by atoms with van der Waals surface area (Å²) < 4.78 is 40.4. The highest BCUT2D eigenvalue weighted by Crippen LogP contribution is 2.49. The van der Waals surface area contributed by atoms with E-state index < -0.39 is 16.1 Å². The largest absolute Gasteiger partial charge is 0.496 e. The molecule has 1 atom stereocenters. The summed E-state index contributed by atoms with van der Waals surface area (Å²) in [6.07, 6.45) is 0.453. The molecule has 3 aromatic carbocycles. The molecule has 1 unspecified atom stereocenters. The molecule has 0 fully saturated rings. The number of rotatable bonds is 8. The van der Waals surface area contributed by atoms with E-state index in [2.05, 4.69) is 0 Å². The van der Waals surface area contributed by atoms with Crippen molar-refractivity contribution in [2.45, 2.75) is 31.6 Å². The lowest BCUT2D eigenvalue weighted by atomic mass is 9.88. The molecule has 0 radical (unpaired) electrons. The average molecular weight is 482 g/mol. The Morgan fingerprint density at radius 1 is 1.06 bits per heavy atom. The SMILES string of the molecule is CCOC(=O)CCc1ccc(C2Oc3cccc(OC)c3-c3ccc(CS(N)(=O)=O)cc32)cc1. The molecule has 1 heterocycles. The van der Waals surface area contributed by atoms with Crippen molar-refractivity contribution in [1.82, 2.24) is 0 Å². The third kappa shape index (κ3) is 5.24. The van der Waals surface area contributed by atoms with Crippen LogP contribution in [0.1, 0.15) is 41.7 Å². The summed E-state index contributed by atoms with van der Waals surface area (Å²) in [5, 5.41) is 5.28. The Morgan fingerprint density at radius 2 is 1.79 bits per heavy atom. The molecule has 34 heavy (non-hydrogen) atoms. The molecule has 8 heteroatoms. The number of fused-ring (bicyclic) bond motifs is 3. The maximum absolute atomic E-state index is 11.7. The van der Waals surface area contributed by atoms with Crippen LogP contribution in [0, 0.1) is 0 Å². The lowest BCUT2D eigenvalue weighted by Crippen LogP contribution is -2.18. The van der Waals surface area contributed by atoms with Crippen LogP contribution in [0.5, 0.6) is 11.5 Å². The van der Waals surface area contributed by atoms with Crippen LogP contribution in [-0.2, 0) is 31.7 Å². The van der Waals surface area contributed by atoms with Gasteiger partial charge >= 0.3 is 5.97 Å². The van der Waals surface area contributed by atoms with E-state index >= 15 is 0 Å². The van der Waals surface area contributed by atoms with E-state index in [1.165, 1.54) is 0 Å². The van der Waals surface area contributed by atoms with E-state index in [0.717, 1.165) is 27.8 Å². The number of hydrogen-bond donors (Lipinski definition) is 1. The summed E-state index contributed by atoms with van der Waals surface area (Å²) in [5.41, 5.74) is 5.06. The summed E-state index contributed by atoms with van der Waals surface area (Å²) in [6, 6.07) is 19.0. The van der Waals surface area contributed by atoms with Crippen molar-refractivity contribution in [2.75, 3.05) is 13.7 Å². The topological polar surface area (TPSA) is 105 Å². The van der Waals surface area contributed by atoms with Crippen molar-refractivity contribution in [3.63, 3.8) is 0 Å². The van der Waals surface area contributed by atoms with Crippen molar-refractivity contribution in [2.24, 2.45) is 5.14 Å². The van der Waals surface area contributed by atoms with Gasteiger partial charge in [0.15, 0.2) is 0 Å². The molecule has 0 aromatic heterocycles. The van der Waals surface area contributed by atoms with Gasteiger partial charge < -0.3 is 14.2 Å². The van der Waals surface area contributed by atoms with Crippen LogP contribution in [0.15, 0.2) is 60.7 Å². The van der Waals surface area contributed by atoms with Crippen LogP contribution in [0.2, 0.25) is 0 Å². The van der Waals surface area contributed by atoms with Crippen molar-refractivity contribution in [3.8, 4) is 22.6 Å². The average Bonchev–Trinajstić information content (AvgIpc) is 2.81. The highest BCUT2D eigenvalue weighted by atomic mass is 32.2. The molecule has 7 nitrogen and oxygen atoms in total. The minimum absolute atomic E-state index is 0.218. The number of ether oxygens (including phenoxy) is 3. The van der Waals surface area contributed by atoms with Gasteiger partial charge in [0.2, 0.25) is 10.0 Å². The van der Waals surface area contributed by atoms with Gasteiger partial charge in [-0.05, 0) is 47.7 Å². The van der Waals surface area contributed by atoms with E-state index in [4.69, 9.17) is 19.3 Å². The minimum atomic E-state index is -3.69. The van der Waals surface area contributed by atoms with Crippen molar-refractivity contribution in [1.29, 1.82) is 0 Å². The second kappa shape index (κ2) is 9.87. The van der Waals surface area contributed by atoms with E-state index in [1.807, 2.05) is 54.6 Å². The molecule has 0 saturated carbocycles. The number of primary sulfonamides is 1. The number of benzene rings is 3. The van der Waals surface area contributed by atoms with Gasteiger partial charge in [0.05, 0.1) is 25.0 Å². The Hall–Kier alpha value is -3.36. The summed E-state index contributed by atoms with van der Waals surface area (Å²) >= 11 is 0. The Labute approximate surface area is 199 Å². The number of aryl methyl sites for hydroxylation is 1. The second-order valence-corrected chi connectivity index (χ2v) is 9.72. The number of esters is 1. The molecule has 0 spiro atoms. The highest BCUT2D eigenvalue weighted by Gasteiger charge is 2.30. The van der Waals surface area contributed by atoms with Crippen LogP contribution in [0.25, 0.3) is 11.1 Å². The van der Waals surface area contributed by atoms with Gasteiger partial charge in [-0.1, -0.05) is 48.5 Å². The molecule has 1 aliphatic heterocycles. The van der Waals surface area contributed by atoms with Gasteiger partial charge in [-0.25, -0.2) is 13.6 Å². The van der Waals surface area contributed by atoms with Crippen LogP contribution in [-0.4, -0.2) is 28.1 Å². The van der Waals surface area contributed by atoms with Crippen LogP contribution < -0.4 is 14.6 Å². The van der Waals surface area contributed by atoms with E-state index in [-0.39, 0.29) is 11.7 Å². The van der Waals surface area contributed by atoms with E-state index in [0.29, 0.717) is 36.5 Å².